The van der Waals surface area contributed by atoms with E-state index in [9.17, 15) is 28.7 Å². The monoisotopic (exact) mass is 1150 g/mol. The standard InChI is InChI=1S/C30H32N6O2S.C24H18N4O3S.C6H14.C3H8FN/c1-5-36(6-2)13-12-32-29(38)27-18(3)25(33-19(27)4)15-23-22-14-20(9-10-24(22)34-28(23)37)26-17-39-30(35-26)21-8-7-11-31-16-21;1-12-19(26-13(2)21(12)24(30)31)9-17-16-8-14(5-6-18(16)27-22(17)29)20-11-32-23(28-20)15-4-3-7-25-10-15;1-5(2)6(3)4;1-2-5-3-4/h7-11,14-17,33H,5-6,12-13H2,1-4H3,(H,32,38)(H,34,37);3-11,26H,1-2H3,(H,27,29)(H,30,31);5-6H,1-4H3;5H,2-3H2,1H3/b23-15-;17-9-;;/i/hD. The van der Waals surface area contributed by atoms with Crippen LogP contribution in [0.5, 0.6) is 0 Å². The number of alkyl halides is 1. The van der Waals surface area contributed by atoms with Crippen LogP contribution in [0, 0.1) is 39.5 Å². The molecular weight excluding hydrogens is 1070 g/mol. The summed E-state index contributed by atoms with van der Waals surface area (Å²) in [6.45, 7) is 25.2. The van der Waals surface area contributed by atoms with Gasteiger partial charge in [-0.1, -0.05) is 60.6 Å². The third-order valence-corrected chi connectivity index (χ3v) is 16.0. The molecule has 0 atom stereocenters. The Labute approximate surface area is 488 Å². The number of carbonyl (C=O) groups is 4. The number of anilines is 2. The molecule has 16 nitrogen and oxygen atoms in total. The van der Waals surface area contributed by atoms with Gasteiger partial charge in [0.25, 0.3) is 17.7 Å². The number of amides is 3. The molecule has 428 valence electrons. The van der Waals surface area contributed by atoms with Crippen molar-refractivity contribution in [1.29, 1.82) is 0 Å². The van der Waals surface area contributed by atoms with Gasteiger partial charge in [0.05, 0.1) is 33.7 Å². The molecule has 19 heteroatoms. The van der Waals surface area contributed by atoms with Crippen molar-refractivity contribution in [2.24, 2.45) is 11.8 Å². The van der Waals surface area contributed by atoms with Crippen molar-refractivity contribution in [3.63, 3.8) is 0 Å². The molecule has 7 N–H and O–H groups in total. The number of aromatic nitrogens is 6. The van der Waals surface area contributed by atoms with Crippen LogP contribution >= 0.6 is 22.7 Å². The number of carboxylic acids is 1. The number of aromatic carboxylic acids is 1. The molecular formula is C63H72FN11O5S2. The quantitative estimate of drug-likeness (QED) is 0.0356. The van der Waals surface area contributed by atoms with E-state index in [0.717, 1.165) is 114 Å². The summed E-state index contributed by atoms with van der Waals surface area (Å²) in [7, 11) is 0. The molecule has 0 saturated heterocycles. The zero-order valence-electron chi connectivity index (χ0n) is 49.2. The Morgan fingerprint density at radius 2 is 1.17 bits per heavy atom. The van der Waals surface area contributed by atoms with E-state index in [4.69, 9.17) is 11.4 Å². The molecule has 0 saturated carbocycles. The highest BCUT2D eigenvalue weighted by Gasteiger charge is 2.28. The molecule has 0 unspecified atom stereocenters. The summed E-state index contributed by atoms with van der Waals surface area (Å²) < 4.78 is 17.7. The van der Waals surface area contributed by atoms with Gasteiger partial charge >= 0.3 is 5.97 Å². The largest absolute Gasteiger partial charge is 0.478 e. The number of thiazole rings is 2. The zero-order valence-corrected chi connectivity index (χ0v) is 49.9. The van der Waals surface area contributed by atoms with E-state index in [2.05, 4.69) is 82.3 Å². The lowest BCUT2D eigenvalue weighted by Gasteiger charge is -2.18. The van der Waals surface area contributed by atoms with Crippen LogP contribution in [0.1, 0.15) is 114 Å². The second-order valence-electron chi connectivity index (χ2n) is 20.2. The Morgan fingerprint density at radius 1 is 0.707 bits per heavy atom. The van der Waals surface area contributed by atoms with E-state index in [0.29, 0.717) is 52.4 Å². The van der Waals surface area contributed by atoms with Crippen molar-refractivity contribution >= 4 is 81.0 Å². The van der Waals surface area contributed by atoms with E-state index in [1.165, 1.54) is 11.3 Å². The SMILES string of the molecule is CC(C)C(C)C.CCN(CC)CCNC(=O)c1c(C)[nH]c(/C=C2\C(=O)Nc3ccc(-c4csc(-c5cccnc5)n4)cc32)c1C.Cc1[nH]c(/C=C2\C(=O)Nc3ccc(-c4csc(-c5cccnc5)n4)cc32)c(C)c1C(=O)O.[2H]N(CC)CF. The van der Waals surface area contributed by atoms with Gasteiger partial charge in [-0.2, -0.15) is 0 Å². The van der Waals surface area contributed by atoms with Crippen molar-refractivity contribution in [3.05, 3.63) is 152 Å². The van der Waals surface area contributed by atoms with Crippen LogP contribution in [0.2, 0.25) is 1.41 Å². The second-order valence-corrected chi connectivity index (χ2v) is 21.9. The maximum Gasteiger partial charge on any atom is 0.337 e. The fraction of sp³-hybridized carbons (Fsp3) is 0.302. The number of pyridine rings is 2. The molecule has 8 heterocycles. The number of carbonyl (C=O) groups excluding carboxylic acids is 3. The smallest absolute Gasteiger partial charge is 0.337 e. The molecule has 10 rings (SSSR count). The number of H-pyrrole nitrogens is 2. The minimum Gasteiger partial charge on any atom is -0.478 e. The van der Waals surface area contributed by atoms with Crippen LogP contribution in [-0.2, 0) is 9.59 Å². The van der Waals surface area contributed by atoms with E-state index < -0.39 is 12.8 Å². The molecule has 0 spiro atoms. The molecule has 0 radical (unpaired) electrons. The van der Waals surface area contributed by atoms with Gasteiger partial charge < -0.3 is 35.9 Å². The van der Waals surface area contributed by atoms with Crippen molar-refractivity contribution in [1.82, 2.24) is 45.4 Å². The predicted octanol–water partition coefficient (Wildman–Crippen LogP) is 13.2. The molecule has 6 aromatic heterocycles. The van der Waals surface area contributed by atoms with Crippen LogP contribution < -0.4 is 21.3 Å². The normalized spacial score (nSPS) is 13.5. The van der Waals surface area contributed by atoms with Gasteiger partial charge in [0.2, 0.25) is 0 Å². The van der Waals surface area contributed by atoms with Crippen molar-refractivity contribution in [2.45, 2.75) is 76.2 Å². The maximum atomic E-state index is 13.0. The van der Waals surface area contributed by atoms with Crippen LogP contribution in [-0.4, -0.2) is 103 Å². The summed E-state index contributed by atoms with van der Waals surface area (Å²) in [6, 6.07) is 19.3. The van der Waals surface area contributed by atoms with Gasteiger partial charge in [-0.15, -0.1) is 22.7 Å². The first-order valence-electron chi connectivity index (χ1n) is 27.7. The number of likely N-dealkylation sites (N-methyl/N-ethyl adjacent to an activating group) is 1. The Balaban J connectivity index is 0.000000202. The average molecular weight is 1150 g/mol. The minimum atomic E-state index is -0.993. The van der Waals surface area contributed by atoms with Crippen LogP contribution in [0.4, 0.5) is 15.8 Å². The van der Waals surface area contributed by atoms with Gasteiger partial charge in [0, 0.05) is 116 Å². The first-order valence-corrected chi connectivity index (χ1v) is 29.0. The van der Waals surface area contributed by atoms with Gasteiger partial charge in [0.1, 0.15) is 18.2 Å². The van der Waals surface area contributed by atoms with E-state index in [1.54, 1.807) is 63.0 Å². The first-order chi connectivity index (χ1) is 39.8. The number of benzene rings is 2. The Morgan fingerprint density at radius 3 is 1.55 bits per heavy atom. The second kappa shape index (κ2) is 28.5. The van der Waals surface area contributed by atoms with Crippen LogP contribution in [0.3, 0.4) is 0 Å². The van der Waals surface area contributed by atoms with Crippen molar-refractivity contribution in [3.8, 4) is 43.7 Å². The number of halogens is 1. The number of aromatic amines is 2. The lowest BCUT2D eigenvalue weighted by molar-refractivity contribution is -0.111. The van der Waals surface area contributed by atoms with Gasteiger partial charge in [-0.3, -0.25) is 29.7 Å². The molecule has 3 amide bonds. The molecule has 2 aliphatic heterocycles. The summed E-state index contributed by atoms with van der Waals surface area (Å²) in [4.78, 5) is 76.7. The lowest BCUT2D eigenvalue weighted by Crippen LogP contribution is -2.35. The van der Waals surface area contributed by atoms with Gasteiger partial charge in [0.15, 0.2) is 0 Å². The number of nitrogens with zero attached hydrogens (tertiary/aromatic N) is 5. The third kappa shape index (κ3) is 14.8. The Kier molecular flexibility index (Phi) is 20.8. The molecule has 2 aromatic carbocycles. The van der Waals surface area contributed by atoms with Crippen molar-refractivity contribution < 1.29 is 30.1 Å². The summed E-state index contributed by atoms with van der Waals surface area (Å²) in [5.74, 6) is 0.204. The summed E-state index contributed by atoms with van der Waals surface area (Å²) >= 11 is 3.09. The first kappa shape index (κ1) is 59.9. The van der Waals surface area contributed by atoms with Crippen molar-refractivity contribution in [2.75, 3.05) is 50.2 Å². The Bertz CT molecular complexity index is 3630. The fourth-order valence-electron chi connectivity index (χ4n) is 8.87. The summed E-state index contributed by atoms with van der Waals surface area (Å²) in [5.41, 5.74) is 14.4. The number of rotatable bonds is 16. The topological polar surface area (TPSA) is 223 Å². The van der Waals surface area contributed by atoms with E-state index in [-0.39, 0.29) is 23.3 Å². The number of aryl methyl sites for hydroxylation is 2. The lowest BCUT2D eigenvalue weighted by atomic mass is 10.0. The highest BCUT2D eigenvalue weighted by molar-refractivity contribution is 7.13. The fourth-order valence-corrected chi connectivity index (χ4v) is 10.5. The molecule has 0 fully saturated rings. The maximum absolute atomic E-state index is 13.0. The summed E-state index contributed by atoms with van der Waals surface area (Å²) in [5, 5.41) is 24.9. The van der Waals surface area contributed by atoms with Crippen LogP contribution in [0.15, 0.2) is 96.2 Å². The van der Waals surface area contributed by atoms with Crippen LogP contribution in [0.25, 0.3) is 67.0 Å². The number of hydrogen-bond acceptors (Lipinski definition) is 12. The van der Waals surface area contributed by atoms with E-state index in [1.807, 2.05) is 91.3 Å². The molecule has 2 aliphatic rings. The predicted molar refractivity (Wildman–Crippen MR) is 332 cm³/mol. The highest BCUT2D eigenvalue weighted by atomic mass is 32.1. The highest BCUT2D eigenvalue weighted by Crippen LogP contribution is 2.40. The number of fused-ring (bicyclic) bond motifs is 2. The van der Waals surface area contributed by atoms with E-state index >= 15 is 0 Å². The molecule has 8 aromatic rings. The molecule has 0 aliphatic carbocycles. The third-order valence-electron chi connectivity index (χ3n) is 14.2. The average Bonchev–Trinajstić information content (AvgIpc) is 4.56. The minimum absolute atomic E-state index is 0.107. The number of hydrogen-bond donors (Lipinski definition) is 7. The summed E-state index contributed by atoms with van der Waals surface area (Å²) in [6.07, 6.45) is 10.6. The number of carboxylic acid groups (broad SMARTS) is 1. The van der Waals surface area contributed by atoms with Gasteiger partial charge in [-0.05, 0) is 131 Å². The zero-order chi connectivity index (χ0) is 60.1. The van der Waals surface area contributed by atoms with Gasteiger partial charge in [-0.25, -0.2) is 19.2 Å². The molecule has 82 heavy (non-hydrogen) atoms. The number of nitrogens with one attached hydrogen (secondary N) is 6. The Hall–Kier alpha value is -8.23. The molecule has 0 bridgehead atoms.